The topological polar surface area (TPSA) is 3.24 Å². The lowest BCUT2D eigenvalue weighted by atomic mass is 10.2. The van der Waals surface area contributed by atoms with Gasteiger partial charge in [0.05, 0.1) is 0 Å². The van der Waals surface area contributed by atoms with E-state index < -0.39 is 0 Å². The Labute approximate surface area is 91.6 Å². The molecule has 1 nitrogen and oxygen atoms in total. The van der Waals surface area contributed by atoms with Crippen molar-refractivity contribution in [3.8, 4) is 0 Å². The smallest absolute Gasteiger partial charge is 0.0490 e. The summed E-state index contributed by atoms with van der Waals surface area (Å²) in [5, 5.41) is 0.771. The molecule has 0 N–H and O–H groups in total. The average molecular weight is 232 g/mol. The van der Waals surface area contributed by atoms with Crippen LogP contribution in [0.5, 0.6) is 0 Å². The van der Waals surface area contributed by atoms with E-state index in [9.17, 15) is 0 Å². The fourth-order valence-electron chi connectivity index (χ4n) is 1.16. The molecule has 0 bridgehead atoms. The maximum absolute atomic E-state index is 6.04. The van der Waals surface area contributed by atoms with E-state index in [0.717, 1.165) is 22.0 Å². The van der Waals surface area contributed by atoms with E-state index in [1.807, 2.05) is 30.4 Å². The predicted octanol–water partition coefficient (Wildman–Crippen LogP) is 3.83. The van der Waals surface area contributed by atoms with Crippen LogP contribution in [0.1, 0.15) is 5.56 Å². The highest BCUT2D eigenvalue weighted by Crippen LogP contribution is 2.34. The Morgan fingerprint density at radius 3 is 3.08 bits per heavy atom. The largest absolute Gasteiger partial charge is 0.155 e. The maximum Gasteiger partial charge on any atom is 0.0490 e. The summed E-state index contributed by atoms with van der Waals surface area (Å²) < 4.78 is 1.65. The van der Waals surface area contributed by atoms with E-state index in [0.29, 0.717) is 0 Å². The summed E-state index contributed by atoms with van der Waals surface area (Å²) in [6.07, 6.45) is 4.00. The second-order valence-electron chi connectivity index (χ2n) is 2.65. The van der Waals surface area contributed by atoms with Gasteiger partial charge < -0.3 is 0 Å². The molecule has 1 heterocycles. The highest BCUT2D eigenvalue weighted by molar-refractivity contribution is 7.98. The van der Waals surface area contributed by atoms with Gasteiger partial charge in [0.25, 0.3) is 0 Å². The molecule has 1 aliphatic heterocycles. The van der Waals surface area contributed by atoms with Crippen LogP contribution in [0, 0.1) is 0 Å². The van der Waals surface area contributed by atoms with Gasteiger partial charge in [-0.05, 0) is 35.9 Å². The molecule has 4 heteroatoms. The molecule has 0 saturated heterocycles. The molecule has 13 heavy (non-hydrogen) atoms. The molecule has 0 radical (unpaired) electrons. The molecule has 1 aliphatic rings. The molecule has 0 amide bonds. The normalized spacial score (nSPS) is 16.8. The molecule has 1 aromatic carbocycles. The Bertz CT molecular complexity index is 351. The summed E-state index contributed by atoms with van der Waals surface area (Å²) >= 11 is 13.4. The summed E-state index contributed by atoms with van der Waals surface area (Å²) in [4.78, 5) is 1.09. The van der Waals surface area contributed by atoms with Gasteiger partial charge in [-0.15, -0.1) is 0 Å². The van der Waals surface area contributed by atoms with Crippen LogP contribution in [-0.4, -0.2) is 10.4 Å². The molecule has 2 rings (SSSR count). The third-order valence-electron chi connectivity index (χ3n) is 1.74. The van der Waals surface area contributed by atoms with Gasteiger partial charge in [-0.3, -0.25) is 0 Å². The first kappa shape index (κ1) is 9.41. The second kappa shape index (κ2) is 3.93. The monoisotopic (exact) mass is 231 g/mol. The van der Waals surface area contributed by atoms with Gasteiger partial charge in [0, 0.05) is 22.0 Å². The summed E-state index contributed by atoms with van der Waals surface area (Å²) in [5.41, 5.74) is 1.05. The van der Waals surface area contributed by atoms with Gasteiger partial charge in [-0.1, -0.05) is 29.8 Å². The molecule has 0 aliphatic carbocycles. The summed E-state index contributed by atoms with van der Waals surface area (Å²) in [6.45, 7) is 0.719. The molecule has 0 fully saturated rings. The fraction of sp³-hybridized carbons (Fsp3) is 0.111. The molecule has 0 atom stereocenters. The molecular weight excluding hydrogens is 225 g/mol. The van der Waals surface area contributed by atoms with Crippen molar-refractivity contribution >= 4 is 41.4 Å². The molecule has 0 spiro atoms. The number of halogens is 2. The van der Waals surface area contributed by atoms with E-state index in [1.54, 1.807) is 3.82 Å². The van der Waals surface area contributed by atoms with Crippen LogP contribution in [0.4, 0.5) is 0 Å². The standard InChI is InChI=1S/C9H7Cl2NS/c10-8-4-1-5-9-7(8)3-2-6-12(11)13-9/h1-5H,6H2. The Hall–Kier alpha value is -0.150. The highest BCUT2D eigenvalue weighted by Gasteiger charge is 2.11. The van der Waals surface area contributed by atoms with Crippen LogP contribution in [0.15, 0.2) is 29.2 Å². The van der Waals surface area contributed by atoms with Gasteiger partial charge in [0.15, 0.2) is 0 Å². The van der Waals surface area contributed by atoms with Gasteiger partial charge in [0.1, 0.15) is 0 Å². The predicted molar refractivity (Wildman–Crippen MR) is 58.9 cm³/mol. The molecule has 68 valence electrons. The Morgan fingerprint density at radius 1 is 1.38 bits per heavy atom. The van der Waals surface area contributed by atoms with Crippen molar-refractivity contribution in [1.82, 2.24) is 3.82 Å². The van der Waals surface area contributed by atoms with Crippen LogP contribution in [-0.2, 0) is 0 Å². The Balaban J connectivity index is 2.49. The van der Waals surface area contributed by atoms with Crippen LogP contribution in [0.2, 0.25) is 5.02 Å². The van der Waals surface area contributed by atoms with Gasteiger partial charge >= 0.3 is 0 Å². The quantitative estimate of drug-likeness (QED) is 0.494. The zero-order chi connectivity index (χ0) is 9.26. The minimum Gasteiger partial charge on any atom is -0.155 e. The van der Waals surface area contributed by atoms with Crippen LogP contribution in [0.25, 0.3) is 6.08 Å². The third-order valence-corrected chi connectivity index (χ3v) is 3.32. The minimum atomic E-state index is 0.719. The number of benzene rings is 1. The minimum absolute atomic E-state index is 0.719. The number of hydrogen-bond acceptors (Lipinski definition) is 2. The number of hydrogen-bond donors (Lipinski definition) is 0. The highest BCUT2D eigenvalue weighted by atomic mass is 35.5. The summed E-state index contributed by atoms with van der Waals surface area (Å²) in [5.74, 6) is 0. The van der Waals surface area contributed by atoms with Crippen molar-refractivity contribution < 1.29 is 0 Å². The average Bonchev–Trinajstić information content (AvgIpc) is 2.27. The zero-order valence-electron chi connectivity index (χ0n) is 6.71. The fourth-order valence-corrected chi connectivity index (χ4v) is 2.54. The maximum atomic E-state index is 6.04. The Kier molecular flexibility index (Phi) is 2.84. The van der Waals surface area contributed by atoms with Crippen molar-refractivity contribution in [2.24, 2.45) is 0 Å². The molecule has 0 aromatic heterocycles. The van der Waals surface area contributed by atoms with E-state index in [2.05, 4.69) is 0 Å². The molecule has 0 saturated carbocycles. The first-order valence-electron chi connectivity index (χ1n) is 3.84. The number of nitrogens with zero attached hydrogens (tertiary/aromatic N) is 1. The first-order valence-corrected chi connectivity index (χ1v) is 5.32. The lowest BCUT2D eigenvalue weighted by Crippen LogP contribution is -1.98. The molecule has 1 aromatic rings. The lowest BCUT2D eigenvalue weighted by Gasteiger charge is -2.09. The molecular formula is C9H7Cl2NS. The van der Waals surface area contributed by atoms with E-state index in [4.69, 9.17) is 23.4 Å². The van der Waals surface area contributed by atoms with E-state index in [1.165, 1.54) is 11.9 Å². The zero-order valence-corrected chi connectivity index (χ0v) is 9.03. The van der Waals surface area contributed by atoms with Gasteiger partial charge in [-0.2, -0.15) is 3.82 Å². The van der Waals surface area contributed by atoms with Crippen LogP contribution < -0.4 is 0 Å². The third kappa shape index (κ3) is 2.02. The second-order valence-corrected chi connectivity index (χ2v) is 4.72. The Morgan fingerprint density at radius 2 is 2.23 bits per heavy atom. The first-order chi connectivity index (χ1) is 6.27. The lowest BCUT2D eigenvalue weighted by molar-refractivity contribution is 0.825. The van der Waals surface area contributed by atoms with E-state index >= 15 is 0 Å². The van der Waals surface area contributed by atoms with Gasteiger partial charge in [0.2, 0.25) is 0 Å². The summed E-state index contributed by atoms with van der Waals surface area (Å²) in [6, 6.07) is 5.82. The van der Waals surface area contributed by atoms with E-state index in [-0.39, 0.29) is 0 Å². The summed E-state index contributed by atoms with van der Waals surface area (Å²) in [7, 11) is 0. The van der Waals surface area contributed by atoms with Crippen molar-refractivity contribution in [2.45, 2.75) is 4.90 Å². The van der Waals surface area contributed by atoms with Crippen molar-refractivity contribution in [3.05, 3.63) is 34.9 Å². The van der Waals surface area contributed by atoms with Crippen LogP contribution >= 0.6 is 35.3 Å². The van der Waals surface area contributed by atoms with Gasteiger partial charge in [-0.25, -0.2) is 0 Å². The SMILES string of the molecule is Clc1cccc2c1C=CCN(Cl)S2. The number of fused-ring (bicyclic) bond motifs is 1. The van der Waals surface area contributed by atoms with Crippen LogP contribution in [0.3, 0.4) is 0 Å². The van der Waals surface area contributed by atoms with Crippen molar-refractivity contribution in [3.63, 3.8) is 0 Å². The van der Waals surface area contributed by atoms with Crippen molar-refractivity contribution in [2.75, 3.05) is 6.54 Å². The number of rotatable bonds is 0. The van der Waals surface area contributed by atoms with Crippen molar-refractivity contribution in [1.29, 1.82) is 0 Å². The molecule has 0 unspecified atom stereocenters.